The third-order valence-corrected chi connectivity index (χ3v) is 6.07. The average Bonchev–Trinajstić information content (AvgIpc) is 2.72. The van der Waals surface area contributed by atoms with E-state index in [1.807, 2.05) is 13.0 Å². The molecule has 1 amide bonds. The van der Waals surface area contributed by atoms with Crippen LogP contribution in [0.15, 0.2) is 34.2 Å². The summed E-state index contributed by atoms with van der Waals surface area (Å²) in [6, 6.07) is 7.11. The maximum atomic E-state index is 12.8. The molecule has 142 valence electrons. The number of aryl methyl sites for hydroxylation is 1. The van der Waals surface area contributed by atoms with Gasteiger partial charge in [-0.2, -0.15) is 10.2 Å². The van der Waals surface area contributed by atoms with Crippen molar-refractivity contribution in [2.75, 3.05) is 0 Å². The minimum absolute atomic E-state index is 0.174. The molecule has 1 aromatic carbocycles. The standard InChI is InChI=1S/C21H26N4O2/c1-2-25-21(27)18-10-6-5-9-17(18)19(24-25)20(26)23-22-16-12-11-14-7-3-4-8-15(14)13-16/h5-6,9-10,14-15H,2-4,7-8,11-13H2,1H3,(H,23,26)/b22-16-/t14-,15-/m0/s1. The number of carbonyl (C=O) groups excluding carboxylic acids is 1. The van der Waals surface area contributed by atoms with E-state index < -0.39 is 0 Å². The van der Waals surface area contributed by atoms with Crippen LogP contribution >= 0.6 is 0 Å². The summed E-state index contributed by atoms with van der Waals surface area (Å²) in [7, 11) is 0. The zero-order valence-electron chi connectivity index (χ0n) is 15.8. The fraction of sp³-hybridized carbons (Fsp3) is 0.524. The monoisotopic (exact) mass is 366 g/mol. The quantitative estimate of drug-likeness (QED) is 0.845. The van der Waals surface area contributed by atoms with Crippen molar-refractivity contribution < 1.29 is 4.79 Å². The number of nitrogens with one attached hydrogen (secondary N) is 1. The Bertz CT molecular complexity index is 947. The molecular weight excluding hydrogens is 340 g/mol. The van der Waals surface area contributed by atoms with Gasteiger partial charge in [-0.1, -0.05) is 37.5 Å². The highest BCUT2D eigenvalue weighted by atomic mass is 16.2. The number of fused-ring (bicyclic) bond motifs is 2. The lowest BCUT2D eigenvalue weighted by Gasteiger charge is -2.35. The topological polar surface area (TPSA) is 76.3 Å². The summed E-state index contributed by atoms with van der Waals surface area (Å²) in [6.45, 7) is 2.26. The van der Waals surface area contributed by atoms with Gasteiger partial charge in [-0.15, -0.1) is 0 Å². The third-order valence-electron chi connectivity index (χ3n) is 6.07. The Morgan fingerprint density at radius 1 is 1.19 bits per heavy atom. The van der Waals surface area contributed by atoms with Crippen LogP contribution in [0, 0.1) is 11.8 Å². The Hall–Kier alpha value is -2.50. The summed E-state index contributed by atoms with van der Waals surface area (Å²) in [6.07, 6.45) is 8.44. The summed E-state index contributed by atoms with van der Waals surface area (Å²) in [4.78, 5) is 25.2. The second-order valence-corrected chi connectivity index (χ2v) is 7.68. The molecule has 0 spiro atoms. The molecule has 27 heavy (non-hydrogen) atoms. The van der Waals surface area contributed by atoms with Gasteiger partial charge in [-0.05, 0) is 50.5 Å². The van der Waals surface area contributed by atoms with Crippen molar-refractivity contribution in [3.05, 3.63) is 40.3 Å². The van der Waals surface area contributed by atoms with E-state index in [1.54, 1.807) is 18.2 Å². The van der Waals surface area contributed by atoms with Gasteiger partial charge in [-0.3, -0.25) is 9.59 Å². The molecule has 0 aliphatic heterocycles. The van der Waals surface area contributed by atoms with E-state index in [0.717, 1.165) is 30.4 Å². The fourth-order valence-corrected chi connectivity index (χ4v) is 4.59. The highest BCUT2D eigenvalue weighted by Crippen LogP contribution is 2.39. The zero-order chi connectivity index (χ0) is 18.8. The Morgan fingerprint density at radius 3 is 2.70 bits per heavy atom. The van der Waals surface area contributed by atoms with Crippen molar-refractivity contribution in [1.29, 1.82) is 0 Å². The summed E-state index contributed by atoms with van der Waals surface area (Å²) in [5, 5.41) is 9.78. The molecule has 1 aromatic heterocycles. The molecule has 6 nitrogen and oxygen atoms in total. The third kappa shape index (κ3) is 3.53. The SMILES string of the molecule is CCn1nc(C(=O)N/N=C2/CC[C@@H]3CCCC[C@H]3C2)c2ccccc2c1=O. The van der Waals surface area contributed by atoms with Gasteiger partial charge in [0.05, 0.1) is 5.39 Å². The molecule has 1 N–H and O–H groups in total. The van der Waals surface area contributed by atoms with Crippen LogP contribution in [-0.2, 0) is 6.54 Å². The summed E-state index contributed by atoms with van der Waals surface area (Å²) in [5.41, 5.74) is 3.86. The maximum absolute atomic E-state index is 12.8. The van der Waals surface area contributed by atoms with E-state index in [4.69, 9.17) is 0 Å². The lowest BCUT2D eigenvalue weighted by molar-refractivity contribution is 0.0948. The first-order valence-electron chi connectivity index (χ1n) is 10.0. The molecule has 2 atom stereocenters. The van der Waals surface area contributed by atoms with Gasteiger partial charge in [0.1, 0.15) is 0 Å². The van der Waals surface area contributed by atoms with Crippen LogP contribution in [0.25, 0.3) is 10.8 Å². The fourth-order valence-electron chi connectivity index (χ4n) is 4.59. The molecule has 2 aliphatic carbocycles. The van der Waals surface area contributed by atoms with Gasteiger partial charge >= 0.3 is 0 Å². The number of aromatic nitrogens is 2. The van der Waals surface area contributed by atoms with Crippen molar-refractivity contribution in [2.45, 2.75) is 58.4 Å². The number of rotatable bonds is 3. The van der Waals surface area contributed by atoms with Crippen molar-refractivity contribution >= 4 is 22.4 Å². The summed E-state index contributed by atoms with van der Waals surface area (Å²) >= 11 is 0. The number of amides is 1. The van der Waals surface area contributed by atoms with Gasteiger partial charge in [0.15, 0.2) is 5.69 Å². The number of nitrogens with zero attached hydrogens (tertiary/aromatic N) is 3. The Labute approximate surface area is 158 Å². The van der Waals surface area contributed by atoms with Crippen molar-refractivity contribution in [1.82, 2.24) is 15.2 Å². The molecule has 1 heterocycles. The van der Waals surface area contributed by atoms with Crippen LogP contribution in [0.3, 0.4) is 0 Å². The smallest absolute Gasteiger partial charge is 0.267 e. The normalized spacial score (nSPS) is 24.0. The molecule has 0 bridgehead atoms. The number of hydrogen-bond donors (Lipinski definition) is 1. The molecule has 2 fully saturated rings. The second-order valence-electron chi connectivity index (χ2n) is 7.68. The first kappa shape index (κ1) is 17.9. The minimum Gasteiger partial charge on any atom is -0.267 e. The lowest BCUT2D eigenvalue weighted by Crippen LogP contribution is -2.31. The maximum Gasteiger partial charge on any atom is 0.292 e. The van der Waals surface area contributed by atoms with Crippen molar-refractivity contribution in [2.24, 2.45) is 16.9 Å². The van der Waals surface area contributed by atoms with Gasteiger partial charge in [0.2, 0.25) is 0 Å². The minimum atomic E-state index is -0.355. The van der Waals surface area contributed by atoms with Crippen LogP contribution < -0.4 is 11.0 Å². The molecule has 0 radical (unpaired) electrons. The van der Waals surface area contributed by atoms with E-state index in [1.165, 1.54) is 36.8 Å². The van der Waals surface area contributed by atoms with Gasteiger partial charge in [0, 0.05) is 17.6 Å². The second kappa shape index (κ2) is 7.62. The van der Waals surface area contributed by atoms with Gasteiger partial charge in [-0.25, -0.2) is 10.1 Å². The average molecular weight is 366 g/mol. The predicted octanol–water partition coefficient (Wildman–Crippen LogP) is 3.49. The summed E-state index contributed by atoms with van der Waals surface area (Å²) in [5.74, 6) is 1.21. The number of carbonyl (C=O) groups is 1. The van der Waals surface area contributed by atoms with Crippen molar-refractivity contribution in [3.63, 3.8) is 0 Å². The highest BCUT2D eigenvalue weighted by molar-refractivity contribution is 6.05. The lowest BCUT2D eigenvalue weighted by atomic mass is 9.70. The summed E-state index contributed by atoms with van der Waals surface area (Å²) < 4.78 is 1.33. The number of hydrazone groups is 1. The largest absolute Gasteiger partial charge is 0.292 e. The van der Waals surface area contributed by atoms with Gasteiger partial charge < -0.3 is 0 Å². The molecular formula is C21H26N4O2. The molecule has 2 saturated carbocycles. The molecule has 6 heteroatoms. The molecule has 2 aliphatic rings. The van der Waals surface area contributed by atoms with Crippen molar-refractivity contribution in [3.8, 4) is 0 Å². The number of benzene rings is 1. The Balaban J connectivity index is 1.57. The van der Waals surface area contributed by atoms with Gasteiger partial charge in [0.25, 0.3) is 11.5 Å². The van der Waals surface area contributed by atoms with Crippen LogP contribution in [0.2, 0.25) is 0 Å². The molecule has 0 saturated heterocycles. The van der Waals surface area contributed by atoms with E-state index in [-0.39, 0.29) is 17.2 Å². The van der Waals surface area contributed by atoms with E-state index in [0.29, 0.717) is 17.3 Å². The van der Waals surface area contributed by atoms with E-state index in [2.05, 4.69) is 15.6 Å². The molecule has 0 unspecified atom stereocenters. The first-order valence-corrected chi connectivity index (χ1v) is 10.0. The predicted molar refractivity (Wildman–Crippen MR) is 106 cm³/mol. The molecule has 4 rings (SSSR count). The van der Waals surface area contributed by atoms with E-state index >= 15 is 0 Å². The van der Waals surface area contributed by atoms with Crippen LogP contribution in [0.1, 0.15) is 62.4 Å². The highest BCUT2D eigenvalue weighted by Gasteiger charge is 2.30. The Morgan fingerprint density at radius 2 is 1.93 bits per heavy atom. The van der Waals surface area contributed by atoms with Crippen LogP contribution in [-0.4, -0.2) is 21.4 Å². The van der Waals surface area contributed by atoms with E-state index in [9.17, 15) is 9.59 Å². The Kier molecular flexibility index (Phi) is 5.05. The zero-order valence-corrected chi connectivity index (χ0v) is 15.8. The first-order chi connectivity index (χ1) is 13.2. The van der Waals surface area contributed by atoms with Crippen LogP contribution in [0.4, 0.5) is 0 Å². The number of hydrogen-bond acceptors (Lipinski definition) is 4. The molecule has 2 aromatic rings. The van der Waals surface area contributed by atoms with Crippen LogP contribution in [0.5, 0.6) is 0 Å².